The Kier molecular flexibility index (Phi) is 3.80. The number of nitrogens with zero attached hydrogens (tertiary/aromatic N) is 1. The molecule has 0 aliphatic heterocycles. The summed E-state index contributed by atoms with van der Waals surface area (Å²) in [5.41, 5.74) is 6.23. The number of hydrogen-bond donors (Lipinski definition) is 2. The van der Waals surface area contributed by atoms with Gasteiger partial charge in [0.05, 0.1) is 12.7 Å². The molecular weight excluding hydrogens is 234 g/mol. The number of carbonyl (C=O) groups is 1. The molecule has 2 rings (SSSR count). The number of nitrogens with two attached hydrogens (primary N) is 1. The SMILES string of the molecule is Nc1ccc(OCCNC(=O)c2ccno2)cc1. The summed E-state index contributed by atoms with van der Waals surface area (Å²) in [4.78, 5) is 11.4. The van der Waals surface area contributed by atoms with Crippen LogP contribution < -0.4 is 15.8 Å². The Morgan fingerprint density at radius 3 is 2.78 bits per heavy atom. The van der Waals surface area contributed by atoms with E-state index in [9.17, 15) is 4.79 Å². The minimum atomic E-state index is -0.312. The van der Waals surface area contributed by atoms with E-state index in [0.717, 1.165) is 0 Å². The number of amides is 1. The number of nitrogens with one attached hydrogen (secondary N) is 1. The molecule has 0 bridgehead atoms. The molecule has 0 aliphatic carbocycles. The van der Waals surface area contributed by atoms with Crippen LogP contribution in [0.15, 0.2) is 41.1 Å². The highest BCUT2D eigenvalue weighted by molar-refractivity contribution is 5.91. The summed E-state index contributed by atoms with van der Waals surface area (Å²) < 4.78 is 10.1. The molecule has 0 aliphatic rings. The van der Waals surface area contributed by atoms with E-state index in [1.54, 1.807) is 24.3 Å². The van der Waals surface area contributed by atoms with Crippen LogP contribution in [-0.2, 0) is 0 Å². The molecule has 0 radical (unpaired) electrons. The number of benzene rings is 1. The molecule has 0 fully saturated rings. The molecule has 1 aromatic carbocycles. The van der Waals surface area contributed by atoms with Gasteiger partial charge in [-0.05, 0) is 24.3 Å². The zero-order chi connectivity index (χ0) is 12.8. The van der Waals surface area contributed by atoms with Gasteiger partial charge in [0.25, 0.3) is 5.91 Å². The monoisotopic (exact) mass is 247 g/mol. The zero-order valence-corrected chi connectivity index (χ0v) is 9.63. The minimum Gasteiger partial charge on any atom is -0.492 e. The molecule has 0 spiro atoms. The fourth-order valence-corrected chi connectivity index (χ4v) is 1.32. The zero-order valence-electron chi connectivity index (χ0n) is 9.63. The number of ether oxygens (including phenoxy) is 1. The second kappa shape index (κ2) is 5.72. The standard InChI is InChI=1S/C12H13N3O3/c13-9-1-3-10(4-2-9)17-8-7-14-12(16)11-5-6-15-18-11/h1-6H,7-8,13H2,(H,14,16). The van der Waals surface area contributed by atoms with Gasteiger partial charge < -0.3 is 20.3 Å². The largest absolute Gasteiger partial charge is 0.492 e. The van der Waals surface area contributed by atoms with Gasteiger partial charge in [0.1, 0.15) is 12.4 Å². The van der Waals surface area contributed by atoms with Crippen LogP contribution in [0.4, 0.5) is 5.69 Å². The highest BCUT2D eigenvalue weighted by atomic mass is 16.5. The maximum absolute atomic E-state index is 11.4. The van der Waals surface area contributed by atoms with Crippen molar-refractivity contribution in [2.24, 2.45) is 0 Å². The van der Waals surface area contributed by atoms with E-state index in [4.69, 9.17) is 15.0 Å². The van der Waals surface area contributed by atoms with Crippen molar-refractivity contribution in [2.45, 2.75) is 0 Å². The average Bonchev–Trinajstić information content (AvgIpc) is 2.90. The van der Waals surface area contributed by atoms with Crippen LogP contribution in [-0.4, -0.2) is 24.2 Å². The van der Waals surface area contributed by atoms with E-state index in [2.05, 4.69) is 10.5 Å². The molecule has 0 atom stereocenters. The first-order chi connectivity index (χ1) is 8.75. The molecule has 1 amide bonds. The van der Waals surface area contributed by atoms with Gasteiger partial charge in [-0.15, -0.1) is 0 Å². The first-order valence-electron chi connectivity index (χ1n) is 5.43. The van der Waals surface area contributed by atoms with E-state index >= 15 is 0 Å². The fraction of sp³-hybridized carbons (Fsp3) is 0.167. The number of anilines is 1. The van der Waals surface area contributed by atoms with Crippen LogP contribution in [0.25, 0.3) is 0 Å². The summed E-state index contributed by atoms with van der Waals surface area (Å²) in [7, 11) is 0. The summed E-state index contributed by atoms with van der Waals surface area (Å²) in [5, 5.41) is 6.09. The normalized spacial score (nSPS) is 10.0. The lowest BCUT2D eigenvalue weighted by molar-refractivity contribution is 0.0910. The van der Waals surface area contributed by atoms with Crippen molar-refractivity contribution < 1.29 is 14.1 Å². The summed E-state index contributed by atoms with van der Waals surface area (Å²) >= 11 is 0. The first kappa shape index (κ1) is 12.0. The van der Waals surface area contributed by atoms with E-state index in [1.807, 2.05) is 0 Å². The Hall–Kier alpha value is -2.50. The molecule has 1 aromatic heterocycles. The maximum Gasteiger partial charge on any atom is 0.290 e. The second-order valence-corrected chi connectivity index (χ2v) is 3.55. The van der Waals surface area contributed by atoms with Crippen LogP contribution in [0, 0.1) is 0 Å². The quantitative estimate of drug-likeness (QED) is 0.609. The molecule has 18 heavy (non-hydrogen) atoms. The first-order valence-corrected chi connectivity index (χ1v) is 5.43. The molecule has 1 heterocycles. The third kappa shape index (κ3) is 3.24. The lowest BCUT2D eigenvalue weighted by Gasteiger charge is -2.06. The predicted octanol–water partition coefficient (Wildman–Crippen LogP) is 1.07. The highest BCUT2D eigenvalue weighted by Crippen LogP contribution is 2.12. The number of nitrogen functional groups attached to an aromatic ring is 1. The highest BCUT2D eigenvalue weighted by Gasteiger charge is 2.07. The van der Waals surface area contributed by atoms with Crippen molar-refractivity contribution in [1.29, 1.82) is 0 Å². The van der Waals surface area contributed by atoms with Crippen LogP contribution in [0.3, 0.4) is 0 Å². The van der Waals surface area contributed by atoms with Gasteiger partial charge in [-0.2, -0.15) is 0 Å². The number of carbonyl (C=O) groups excluding carboxylic acids is 1. The molecule has 2 aromatic rings. The van der Waals surface area contributed by atoms with Crippen LogP contribution in [0.5, 0.6) is 5.75 Å². The Bertz CT molecular complexity index is 494. The Labute approximate surface area is 104 Å². The smallest absolute Gasteiger partial charge is 0.290 e. The van der Waals surface area contributed by atoms with Crippen LogP contribution in [0.2, 0.25) is 0 Å². The van der Waals surface area contributed by atoms with Gasteiger partial charge in [-0.3, -0.25) is 4.79 Å². The summed E-state index contributed by atoms with van der Waals surface area (Å²) in [6, 6.07) is 8.54. The Balaban J connectivity index is 1.70. The van der Waals surface area contributed by atoms with Gasteiger partial charge in [0.2, 0.25) is 5.76 Å². The van der Waals surface area contributed by atoms with E-state index < -0.39 is 0 Å². The lowest BCUT2D eigenvalue weighted by atomic mass is 10.3. The molecule has 6 nitrogen and oxygen atoms in total. The van der Waals surface area contributed by atoms with E-state index in [1.165, 1.54) is 12.3 Å². The van der Waals surface area contributed by atoms with Gasteiger partial charge >= 0.3 is 0 Å². The maximum atomic E-state index is 11.4. The molecular formula is C12H13N3O3. The summed E-state index contributed by atoms with van der Waals surface area (Å²) in [6.07, 6.45) is 1.42. The van der Waals surface area contributed by atoms with Crippen LogP contribution >= 0.6 is 0 Å². The molecule has 94 valence electrons. The third-order valence-corrected chi connectivity index (χ3v) is 2.20. The van der Waals surface area contributed by atoms with Crippen molar-refractivity contribution in [1.82, 2.24) is 10.5 Å². The third-order valence-electron chi connectivity index (χ3n) is 2.20. The van der Waals surface area contributed by atoms with Crippen LogP contribution in [0.1, 0.15) is 10.6 Å². The Morgan fingerprint density at radius 1 is 1.33 bits per heavy atom. The summed E-state index contributed by atoms with van der Waals surface area (Å²) in [6.45, 7) is 0.744. The molecule has 0 unspecified atom stereocenters. The minimum absolute atomic E-state index is 0.183. The molecule has 3 N–H and O–H groups in total. The van der Waals surface area contributed by atoms with Crippen molar-refractivity contribution in [3.8, 4) is 5.75 Å². The van der Waals surface area contributed by atoms with Crippen molar-refractivity contribution in [3.05, 3.63) is 42.3 Å². The fourth-order valence-electron chi connectivity index (χ4n) is 1.32. The Morgan fingerprint density at radius 2 is 2.11 bits per heavy atom. The van der Waals surface area contributed by atoms with E-state index in [-0.39, 0.29) is 11.7 Å². The van der Waals surface area contributed by atoms with Gasteiger partial charge in [-0.25, -0.2) is 0 Å². The van der Waals surface area contributed by atoms with Crippen molar-refractivity contribution >= 4 is 11.6 Å². The second-order valence-electron chi connectivity index (χ2n) is 3.55. The summed E-state index contributed by atoms with van der Waals surface area (Å²) in [5.74, 6) is 0.578. The molecule has 0 saturated carbocycles. The van der Waals surface area contributed by atoms with Gasteiger partial charge in [0, 0.05) is 11.8 Å². The predicted molar refractivity (Wildman–Crippen MR) is 65.2 cm³/mol. The average molecular weight is 247 g/mol. The molecule has 0 saturated heterocycles. The van der Waals surface area contributed by atoms with Gasteiger partial charge in [0.15, 0.2) is 0 Å². The number of aromatic nitrogens is 1. The van der Waals surface area contributed by atoms with Crippen molar-refractivity contribution in [2.75, 3.05) is 18.9 Å². The van der Waals surface area contributed by atoms with E-state index in [0.29, 0.717) is 24.6 Å². The van der Waals surface area contributed by atoms with Crippen molar-refractivity contribution in [3.63, 3.8) is 0 Å². The van der Waals surface area contributed by atoms with Gasteiger partial charge in [-0.1, -0.05) is 5.16 Å². The number of hydrogen-bond acceptors (Lipinski definition) is 5. The topological polar surface area (TPSA) is 90.4 Å². The number of rotatable bonds is 5. The lowest BCUT2D eigenvalue weighted by Crippen LogP contribution is -2.27. The molecule has 6 heteroatoms.